The van der Waals surface area contributed by atoms with Crippen LogP contribution in [0.1, 0.15) is 44.5 Å². The van der Waals surface area contributed by atoms with Crippen LogP contribution in [0.2, 0.25) is 0 Å². The monoisotopic (exact) mass is 195 g/mol. The minimum absolute atomic E-state index is 0.447. The number of nitrogens with two attached hydrogens (primary N) is 1. The summed E-state index contributed by atoms with van der Waals surface area (Å²) in [5.41, 5.74) is 8.26. The van der Waals surface area contributed by atoms with E-state index in [0.717, 1.165) is 19.3 Å². The van der Waals surface area contributed by atoms with Crippen molar-refractivity contribution in [3.8, 4) is 0 Å². The molecule has 3 heteroatoms. The van der Waals surface area contributed by atoms with Crippen molar-refractivity contribution in [2.24, 2.45) is 5.73 Å². The Hall–Kier alpha value is -0.830. The van der Waals surface area contributed by atoms with Gasteiger partial charge in [-0.3, -0.25) is 4.68 Å². The van der Waals surface area contributed by atoms with Crippen molar-refractivity contribution in [1.29, 1.82) is 0 Å². The molecule has 1 rings (SSSR count). The lowest BCUT2D eigenvalue weighted by atomic mass is 10.1. The standard InChI is InChI=1S/C11H21N3/c1-4-5-11-10(6-7-12)8-13-14(11)9(2)3/h8-9H,4-7,12H2,1-3H3. The third-order valence-corrected chi connectivity index (χ3v) is 2.37. The maximum atomic E-state index is 5.57. The summed E-state index contributed by atoms with van der Waals surface area (Å²) in [7, 11) is 0. The van der Waals surface area contributed by atoms with E-state index in [1.54, 1.807) is 0 Å². The van der Waals surface area contributed by atoms with Gasteiger partial charge in [0, 0.05) is 11.7 Å². The number of hydrogen-bond acceptors (Lipinski definition) is 2. The molecule has 14 heavy (non-hydrogen) atoms. The maximum absolute atomic E-state index is 5.57. The summed E-state index contributed by atoms with van der Waals surface area (Å²) in [4.78, 5) is 0. The van der Waals surface area contributed by atoms with Crippen molar-refractivity contribution in [2.45, 2.75) is 46.1 Å². The third kappa shape index (κ3) is 2.35. The lowest BCUT2D eigenvalue weighted by Crippen LogP contribution is -2.10. The summed E-state index contributed by atoms with van der Waals surface area (Å²) in [6, 6.07) is 0.447. The van der Waals surface area contributed by atoms with Crippen molar-refractivity contribution in [2.75, 3.05) is 6.54 Å². The fraction of sp³-hybridized carbons (Fsp3) is 0.727. The molecule has 1 aromatic rings. The highest BCUT2D eigenvalue weighted by Crippen LogP contribution is 2.16. The summed E-state index contributed by atoms with van der Waals surface area (Å²) < 4.78 is 2.12. The first-order valence-corrected chi connectivity index (χ1v) is 5.46. The lowest BCUT2D eigenvalue weighted by Gasteiger charge is -2.11. The molecule has 0 aliphatic heterocycles. The van der Waals surface area contributed by atoms with Crippen molar-refractivity contribution >= 4 is 0 Å². The SMILES string of the molecule is CCCc1c(CCN)cnn1C(C)C. The molecule has 0 saturated carbocycles. The van der Waals surface area contributed by atoms with E-state index in [0.29, 0.717) is 12.6 Å². The van der Waals surface area contributed by atoms with Gasteiger partial charge in [-0.05, 0) is 38.8 Å². The van der Waals surface area contributed by atoms with Crippen molar-refractivity contribution < 1.29 is 0 Å². The zero-order valence-electron chi connectivity index (χ0n) is 9.45. The first-order valence-electron chi connectivity index (χ1n) is 5.46. The van der Waals surface area contributed by atoms with Crippen LogP contribution in [0.4, 0.5) is 0 Å². The summed E-state index contributed by atoms with van der Waals surface area (Å²) in [6.07, 6.45) is 5.18. The van der Waals surface area contributed by atoms with Gasteiger partial charge in [0.15, 0.2) is 0 Å². The van der Waals surface area contributed by atoms with Gasteiger partial charge >= 0.3 is 0 Å². The van der Waals surface area contributed by atoms with Crippen LogP contribution < -0.4 is 5.73 Å². The third-order valence-electron chi connectivity index (χ3n) is 2.37. The molecule has 0 aliphatic rings. The Kier molecular flexibility index (Phi) is 4.14. The summed E-state index contributed by atoms with van der Waals surface area (Å²) in [5.74, 6) is 0. The van der Waals surface area contributed by atoms with Crippen LogP contribution >= 0.6 is 0 Å². The Morgan fingerprint density at radius 3 is 2.64 bits per heavy atom. The highest BCUT2D eigenvalue weighted by Gasteiger charge is 2.10. The van der Waals surface area contributed by atoms with Gasteiger partial charge < -0.3 is 5.73 Å². The van der Waals surface area contributed by atoms with Crippen LogP contribution in [0.15, 0.2) is 6.20 Å². The van der Waals surface area contributed by atoms with Gasteiger partial charge in [-0.15, -0.1) is 0 Å². The van der Waals surface area contributed by atoms with Crippen LogP contribution in [0.5, 0.6) is 0 Å². The molecule has 0 atom stereocenters. The molecule has 1 aromatic heterocycles. The molecule has 80 valence electrons. The smallest absolute Gasteiger partial charge is 0.0525 e. The molecule has 0 saturated heterocycles. The predicted octanol–water partition coefficient (Wildman–Crippen LogP) is 1.92. The maximum Gasteiger partial charge on any atom is 0.0525 e. The molecule has 2 N–H and O–H groups in total. The Morgan fingerprint density at radius 2 is 2.14 bits per heavy atom. The van der Waals surface area contributed by atoms with Crippen LogP contribution in [-0.2, 0) is 12.8 Å². The van der Waals surface area contributed by atoms with Crippen molar-refractivity contribution in [1.82, 2.24) is 9.78 Å². The van der Waals surface area contributed by atoms with Crippen LogP contribution in [-0.4, -0.2) is 16.3 Å². The second kappa shape index (κ2) is 5.15. The van der Waals surface area contributed by atoms with Crippen LogP contribution in [0.3, 0.4) is 0 Å². The fourth-order valence-corrected chi connectivity index (χ4v) is 1.74. The van der Waals surface area contributed by atoms with Gasteiger partial charge in [0.2, 0.25) is 0 Å². The first kappa shape index (κ1) is 11.2. The highest BCUT2D eigenvalue weighted by atomic mass is 15.3. The Bertz CT molecular complexity index is 276. The minimum atomic E-state index is 0.447. The fourth-order valence-electron chi connectivity index (χ4n) is 1.74. The second-order valence-corrected chi connectivity index (χ2v) is 3.94. The number of rotatable bonds is 5. The number of nitrogens with zero attached hydrogens (tertiary/aromatic N) is 2. The topological polar surface area (TPSA) is 43.8 Å². The van der Waals surface area contributed by atoms with E-state index in [1.807, 2.05) is 6.20 Å². The van der Waals surface area contributed by atoms with E-state index in [-0.39, 0.29) is 0 Å². The Labute approximate surface area is 86.3 Å². The van der Waals surface area contributed by atoms with E-state index in [1.165, 1.54) is 11.3 Å². The zero-order chi connectivity index (χ0) is 10.6. The van der Waals surface area contributed by atoms with E-state index < -0.39 is 0 Å². The van der Waals surface area contributed by atoms with Crippen LogP contribution in [0, 0.1) is 0 Å². The first-order chi connectivity index (χ1) is 6.70. The average molecular weight is 195 g/mol. The van der Waals surface area contributed by atoms with Crippen molar-refractivity contribution in [3.63, 3.8) is 0 Å². The van der Waals surface area contributed by atoms with Gasteiger partial charge in [0.1, 0.15) is 0 Å². The second-order valence-electron chi connectivity index (χ2n) is 3.94. The molecular weight excluding hydrogens is 174 g/mol. The number of aromatic nitrogens is 2. The quantitative estimate of drug-likeness (QED) is 0.780. The van der Waals surface area contributed by atoms with E-state index in [4.69, 9.17) is 5.73 Å². The molecule has 0 unspecified atom stereocenters. The highest BCUT2D eigenvalue weighted by molar-refractivity contribution is 5.19. The van der Waals surface area contributed by atoms with E-state index >= 15 is 0 Å². The predicted molar refractivity (Wildman–Crippen MR) is 59.4 cm³/mol. The van der Waals surface area contributed by atoms with Gasteiger partial charge in [-0.25, -0.2) is 0 Å². The Morgan fingerprint density at radius 1 is 1.43 bits per heavy atom. The van der Waals surface area contributed by atoms with Crippen molar-refractivity contribution in [3.05, 3.63) is 17.5 Å². The summed E-state index contributed by atoms with van der Waals surface area (Å²) in [5, 5.41) is 4.41. The Balaban J connectivity index is 2.94. The minimum Gasteiger partial charge on any atom is -0.330 e. The molecule has 0 fully saturated rings. The molecule has 1 heterocycles. The normalized spacial score (nSPS) is 11.2. The molecule has 0 radical (unpaired) electrons. The molecule has 0 aliphatic carbocycles. The largest absolute Gasteiger partial charge is 0.330 e. The molecular formula is C11H21N3. The summed E-state index contributed by atoms with van der Waals surface area (Å²) >= 11 is 0. The van der Waals surface area contributed by atoms with Crippen LogP contribution in [0.25, 0.3) is 0 Å². The summed E-state index contributed by atoms with van der Waals surface area (Å²) in [6.45, 7) is 7.24. The number of hydrogen-bond donors (Lipinski definition) is 1. The molecule has 3 nitrogen and oxygen atoms in total. The van der Waals surface area contributed by atoms with Gasteiger partial charge in [-0.1, -0.05) is 13.3 Å². The molecule has 0 bridgehead atoms. The van der Waals surface area contributed by atoms with E-state index in [9.17, 15) is 0 Å². The molecule has 0 aromatic carbocycles. The molecule has 0 spiro atoms. The lowest BCUT2D eigenvalue weighted by molar-refractivity contribution is 0.506. The molecule has 0 amide bonds. The van der Waals surface area contributed by atoms with Gasteiger partial charge in [0.05, 0.1) is 6.20 Å². The van der Waals surface area contributed by atoms with Gasteiger partial charge in [-0.2, -0.15) is 5.10 Å². The zero-order valence-corrected chi connectivity index (χ0v) is 9.45. The van der Waals surface area contributed by atoms with E-state index in [2.05, 4.69) is 30.6 Å². The average Bonchev–Trinajstić information content (AvgIpc) is 2.50. The van der Waals surface area contributed by atoms with Gasteiger partial charge in [0.25, 0.3) is 0 Å².